The van der Waals surface area contributed by atoms with Crippen LogP contribution in [0.25, 0.3) is 0 Å². The van der Waals surface area contributed by atoms with Crippen molar-refractivity contribution >= 4 is 27.5 Å². The number of rotatable bonds is 15. The van der Waals surface area contributed by atoms with E-state index in [9.17, 15) is 22.4 Å². The van der Waals surface area contributed by atoms with Crippen molar-refractivity contribution in [2.45, 2.75) is 64.1 Å². The third-order valence-corrected chi connectivity index (χ3v) is 8.78. The van der Waals surface area contributed by atoms with Gasteiger partial charge in [0.15, 0.2) is 0 Å². The number of nitrogens with one attached hydrogen (secondary N) is 1. The summed E-state index contributed by atoms with van der Waals surface area (Å²) in [4.78, 5) is 28.8. The molecule has 0 spiro atoms. The number of halogens is 1. The van der Waals surface area contributed by atoms with Crippen LogP contribution in [0.5, 0.6) is 11.5 Å². The zero-order valence-electron chi connectivity index (χ0n) is 25.2. The quantitative estimate of drug-likeness (QED) is 0.254. The first-order valence-electron chi connectivity index (χ1n) is 14.3. The minimum absolute atomic E-state index is 0.0379. The van der Waals surface area contributed by atoms with E-state index < -0.39 is 34.3 Å². The Labute approximate surface area is 253 Å². The lowest BCUT2D eigenvalue weighted by atomic mass is 10.1. The fourth-order valence-electron chi connectivity index (χ4n) is 4.47. The van der Waals surface area contributed by atoms with E-state index in [0.717, 1.165) is 28.6 Å². The maximum Gasteiger partial charge on any atom is 0.264 e. The number of carbonyl (C=O) groups excluding carboxylic acids is 2. The molecule has 3 rings (SSSR count). The van der Waals surface area contributed by atoms with Gasteiger partial charge in [-0.25, -0.2) is 12.8 Å². The minimum atomic E-state index is -4.33. The Balaban J connectivity index is 2.07. The molecule has 43 heavy (non-hydrogen) atoms. The van der Waals surface area contributed by atoms with Crippen LogP contribution in [-0.2, 0) is 26.2 Å². The van der Waals surface area contributed by atoms with E-state index in [-0.39, 0.29) is 29.1 Å². The van der Waals surface area contributed by atoms with Crippen LogP contribution in [0.1, 0.15) is 46.1 Å². The van der Waals surface area contributed by atoms with Crippen molar-refractivity contribution in [2.75, 3.05) is 24.6 Å². The third kappa shape index (κ3) is 8.70. The zero-order valence-corrected chi connectivity index (χ0v) is 26.1. The number of anilines is 1. The van der Waals surface area contributed by atoms with Crippen molar-refractivity contribution in [1.29, 1.82) is 0 Å². The summed E-state index contributed by atoms with van der Waals surface area (Å²) >= 11 is 0. The van der Waals surface area contributed by atoms with Crippen molar-refractivity contribution in [1.82, 2.24) is 10.2 Å². The van der Waals surface area contributed by atoms with Gasteiger partial charge in [0, 0.05) is 12.6 Å². The predicted molar refractivity (Wildman–Crippen MR) is 164 cm³/mol. The molecule has 0 bridgehead atoms. The summed E-state index contributed by atoms with van der Waals surface area (Å²) in [5, 5.41) is 2.95. The molecule has 232 valence electrons. The van der Waals surface area contributed by atoms with Crippen LogP contribution in [0, 0.1) is 5.82 Å². The summed E-state index contributed by atoms with van der Waals surface area (Å²) in [7, 11) is -2.79. The highest BCUT2D eigenvalue weighted by atomic mass is 32.2. The topological polar surface area (TPSA) is 105 Å². The molecule has 0 aliphatic heterocycles. The van der Waals surface area contributed by atoms with E-state index in [1.807, 2.05) is 26.8 Å². The first kappa shape index (κ1) is 33.4. The van der Waals surface area contributed by atoms with Gasteiger partial charge in [0.1, 0.15) is 29.9 Å². The molecule has 2 amide bonds. The summed E-state index contributed by atoms with van der Waals surface area (Å²) in [6.45, 7) is 7.30. The number of hydrogen-bond donors (Lipinski definition) is 1. The molecule has 0 saturated heterocycles. The lowest BCUT2D eigenvalue weighted by Gasteiger charge is -2.33. The van der Waals surface area contributed by atoms with Gasteiger partial charge in [-0.2, -0.15) is 0 Å². The molecule has 0 heterocycles. The maximum atomic E-state index is 14.2. The number of amides is 2. The number of carbonyl (C=O) groups is 2. The van der Waals surface area contributed by atoms with Gasteiger partial charge in [0.05, 0.1) is 24.3 Å². The van der Waals surface area contributed by atoms with Gasteiger partial charge >= 0.3 is 0 Å². The van der Waals surface area contributed by atoms with Crippen LogP contribution in [0.4, 0.5) is 10.1 Å². The molecule has 2 atom stereocenters. The van der Waals surface area contributed by atoms with Gasteiger partial charge in [-0.1, -0.05) is 26.0 Å². The van der Waals surface area contributed by atoms with Crippen LogP contribution >= 0.6 is 0 Å². The second-order valence-electron chi connectivity index (χ2n) is 10.0. The summed E-state index contributed by atoms with van der Waals surface area (Å²) in [6, 6.07) is 16.8. The minimum Gasteiger partial charge on any atom is -0.497 e. The predicted octanol–water partition coefficient (Wildman–Crippen LogP) is 5.15. The zero-order chi connectivity index (χ0) is 31.6. The molecule has 3 aromatic carbocycles. The normalized spacial score (nSPS) is 12.6. The number of ether oxygens (including phenoxy) is 2. The fraction of sp³-hybridized carbons (Fsp3) is 0.375. The standard InChI is InChI=1S/C32H40FN3O6S/c1-6-23(4)34-32(38)30(7-2)35(21-24-10-9-11-28(20-24)41-5)31(37)22-36(26-14-16-27(17-15-26)42-8-3)43(39,40)29-18-12-25(33)13-19-29/h9-20,23,30H,6-8,21-22H2,1-5H3,(H,34,38)/t23-,30+/m0/s1. The van der Waals surface area contributed by atoms with Gasteiger partial charge in [-0.15, -0.1) is 0 Å². The van der Waals surface area contributed by atoms with E-state index in [1.54, 1.807) is 49.4 Å². The highest BCUT2D eigenvalue weighted by Crippen LogP contribution is 2.27. The van der Waals surface area contributed by atoms with Gasteiger partial charge in [0.25, 0.3) is 10.0 Å². The van der Waals surface area contributed by atoms with E-state index in [2.05, 4.69) is 5.32 Å². The largest absolute Gasteiger partial charge is 0.497 e. The van der Waals surface area contributed by atoms with Crippen LogP contribution in [0.15, 0.2) is 77.7 Å². The summed E-state index contributed by atoms with van der Waals surface area (Å²) in [5.74, 6) is -0.401. The van der Waals surface area contributed by atoms with Crippen LogP contribution in [0.2, 0.25) is 0 Å². The Bertz CT molecular complexity index is 1470. The molecule has 0 fully saturated rings. The Hall–Kier alpha value is -4.12. The third-order valence-electron chi connectivity index (χ3n) is 6.99. The molecule has 0 aliphatic carbocycles. The highest BCUT2D eigenvalue weighted by Gasteiger charge is 2.34. The van der Waals surface area contributed by atoms with E-state index in [1.165, 1.54) is 12.0 Å². The second-order valence-corrected chi connectivity index (χ2v) is 11.9. The lowest BCUT2D eigenvalue weighted by Crippen LogP contribution is -2.53. The summed E-state index contributed by atoms with van der Waals surface area (Å²) < 4.78 is 53.3. The van der Waals surface area contributed by atoms with Gasteiger partial charge in [-0.3, -0.25) is 13.9 Å². The molecule has 9 nitrogen and oxygen atoms in total. The maximum absolute atomic E-state index is 14.2. The van der Waals surface area contributed by atoms with Crippen molar-refractivity contribution < 1.29 is 31.9 Å². The lowest BCUT2D eigenvalue weighted by molar-refractivity contribution is -0.140. The number of benzene rings is 3. The van der Waals surface area contributed by atoms with Crippen molar-refractivity contribution in [3.63, 3.8) is 0 Å². The molecule has 11 heteroatoms. The van der Waals surface area contributed by atoms with Crippen LogP contribution in [-0.4, -0.2) is 57.5 Å². The van der Waals surface area contributed by atoms with E-state index in [0.29, 0.717) is 36.5 Å². The molecular formula is C32H40FN3O6S. The first-order valence-corrected chi connectivity index (χ1v) is 15.7. The SMILES string of the molecule is CCOc1ccc(N(CC(=O)N(Cc2cccc(OC)c2)[C@H](CC)C(=O)N[C@@H](C)CC)S(=O)(=O)c2ccc(F)cc2)cc1. The summed E-state index contributed by atoms with van der Waals surface area (Å²) in [5.41, 5.74) is 0.913. The van der Waals surface area contributed by atoms with Crippen molar-refractivity contribution in [3.8, 4) is 11.5 Å². The number of hydrogen-bond acceptors (Lipinski definition) is 6. The average Bonchev–Trinajstić information content (AvgIpc) is 3.00. The second kappa shape index (κ2) is 15.4. The molecule has 0 aliphatic rings. The number of nitrogens with zero attached hydrogens (tertiary/aromatic N) is 2. The van der Waals surface area contributed by atoms with Gasteiger partial charge in [0.2, 0.25) is 11.8 Å². The number of methoxy groups -OCH3 is 1. The van der Waals surface area contributed by atoms with E-state index in [4.69, 9.17) is 9.47 Å². The monoisotopic (exact) mass is 613 g/mol. The van der Waals surface area contributed by atoms with Gasteiger partial charge in [-0.05, 0) is 92.9 Å². The Morgan fingerprint density at radius 2 is 1.60 bits per heavy atom. The molecule has 0 saturated carbocycles. The van der Waals surface area contributed by atoms with Crippen molar-refractivity contribution in [3.05, 3.63) is 84.2 Å². The van der Waals surface area contributed by atoms with Crippen LogP contribution < -0.4 is 19.1 Å². The highest BCUT2D eigenvalue weighted by molar-refractivity contribution is 7.92. The molecule has 3 aromatic rings. The molecule has 0 radical (unpaired) electrons. The summed E-state index contributed by atoms with van der Waals surface area (Å²) in [6.07, 6.45) is 0.999. The van der Waals surface area contributed by atoms with Crippen molar-refractivity contribution in [2.24, 2.45) is 0 Å². The number of sulfonamides is 1. The molecule has 1 N–H and O–H groups in total. The smallest absolute Gasteiger partial charge is 0.264 e. The van der Waals surface area contributed by atoms with E-state index >= 15 is 0 Å². The fourth-order valence-corrected chi connectivity index (χ4v) is 5.88. The van der Waals surface area contributed by atoms with Gasteiger partial charge < -0.3 is 19.7 Å². The molecule has 0 aromatic heterocycles. The Morgan fingerprint density at radius 1 is 0.930 bits per heavy atom. The van der Waals surface area contributed by atoms with Crippen LogP contribution in [0.3, 0.4) is 0 Å². The Kier molecular flexibility index (Phi) is 11.9. The molecular weight excluding hydrogens is 573 g/mol. The Morgan fingerprint density at radius 3 is 2.19 bits per heavy atom. The average molecular weight is 614 g/mol. The molecule has 0 unspecified atom stereocenters. The first-order chi connectivity index (χ1) is 20.5.